The van der Waals surface area contributed by atoms with E-state index in [4.69, 9.17) is 9.52 Å². The molecule has 0 saturated heterocycles. The van der Waals surface area contributed by atoms with Gasteiger partial charge in [-0.3, -0.25) is 4.79 Å². The summed E-state index contributed by atoms with van der Waals surface area (Å²) < 4.78 is 5.11. The highest BCUT2D eigenvalue weighted by molar-refractivity contribution is 5.95. The van der Waals surface area contributed by atoms with Crippen molar-refractivity contribution in [1.82, 2.24) is 4.98 Å². The van der Waals surface area contributed by atoms with E-state index in [2.05, 4.69) is 4.98 Å². The summed E-state index contributed by atoms with van der Waals surface area (Å²) in [6.45, 7) is 1.34. The molecular formula is C10H7NO4. The molecule has 0 aliphatic rings. The van der Waals surface area contributed by atoms with Crippen LogP contribution in [0.2, 0.25) is 0 Å². The zero-order valence-electron chi connectivity index (χ0n) is 7.85. The van der Waals surface area contributed by atoms with Crippen molar-refractivity contribution in [3.05, 3.63) is 29.7 Å². The Hall–Kier alpha value is -2.17. The molecule has 5 nitrogen and oxygen atoms in total. The second kappa shape index (κ2) is 3.20. The molecule has 0 aliphatic heterocycles. The van der Waals surface area contributed by atoms with Crippen LogP contribution in [0, 0.1) is 0 Å². The van der Waals surface area contributed by atoms with E-state index in [-0.39, 0.29) is 17.2 Å². The van der Waals surface area contributed by atoms with E-state index in [1.807, 2.05) is 0 Å². The van der Waals surface area contributed by atoms with Crippen LogP contribution < -0.4 is 0 Å². The minimum atomic E-state index is -1.04. The standard InChI is InChI=1S/C10H7NO4/c1-5(12)9-11-7-4-6(10(13)14)2-3-8(7)15-9/h2-4H,1H3,(H,13,14). The number of nitrogens with zero attached hydrogens (tertiary/aromatic N) is 1. The molecule has 0 atom stereocenters. The quantitative estimate of drug-likeness (QED) is 0.755. The highest BCUT2D eigenvalue weighted by Gasteiger charge is 2.11. The van der Waals surface area contributed by atoms with Gasteiger partial charge in [0.15, 0.2) is 5.58 Å². The van der Waals surface area contributed by atoms with Gasteiger partial charge in [0.1, 0.15) is 5.52 Å². The fourth-order valence-electron chi connectivity index (χ4n) is 1.21. The molecule has 0 spiro atoms. The van der Waals surface area contributed by atoms with Crippen LogP contribution in [0.15, 0.2) is 22.6 Å². The van der Waals surface area contributed by atoms with Crippen molar-refractivity contribution in [2.75, 3.05) is 0 Å². The number of hydrogen-bond acceptors (Lipinski definition) is 4. The van der Waals surface area contributed by atoms with Crippen molar-refractivity contribution in [2.45, 2.75) is 6.92 Å². The molecule has 15 heavy (non-hydrogen) atoms. The van der Waals surface area contributed by atoms with Crippen LogP contribution in [0.3, 0.4) is 0 Å². The number of oxazole rings is 1. The van der Waals surface area contributed by atoms with Crippen molar-refractivity contribution < 1.29 is 19.1 Å². The first kappa shape index (κ1) is 9.39. The number of fused-ring (bicyclic) bond motifs is 1. The molecule has 0 fully saturated rings. The lowest BCUT2D eigenvalue weighted by molar-refractivity contribution is 0.0697. The molecule has 0 amide bonds. The summed E-state index contributed by atoms with van der Waals surface area (Å²) in [5.41, 5.74) is 0.899. The maximum atomic E-state index is 11.0. The molecule has 5 heteroatoms. The molecule has 2 aromatic rings. The zero-order chi connectivity index (χ0) is 11.0. The number of Topliss-reactive ketones (excluding diaryl/α,β-unsaturated/α-hetero) is 1. The van der Waals surface area contributed by atoms with Crippen molar-refractivity contribution in [3.63, 3.8) is 0 Å². The van der Waals surface area contributed by atoms with Gasteiger partial charge >= 0.3 is 5.97 Å². The van der Waals surface area contributed by atoms with Crippen LogP contribution >= 0.6 is 0 Å². The number of hydrogen-bond donors (Lipinski definition) is 1. The fraction of sp³-hybridized carbons (Fsp3) is 0.100. The highest BCUT2D eigenvalue weighted by Crippen LogP contribution is 2.17. The third-order valence-corrected chi connectivity index (χ3v) is 1.94. The molecule has 76 valence electrons. The first-order valence-corrected chi connectivity index (χ1v) is 4.23. The Morgan fingerprint density at radius 3 is 2.73 bits per heavy atom. The van der Waals surface area contributed by atoms with Gasteiger partial charge in [-0.25, -0.2) is 9.78 Å². The normalized spacial score (nSPS) is 10.5. The van der Waals surface area contributed by atoms with E-state index < -0.39 is 5.97 Å². The Labute approximate surface area is 84.3 Å². The number of carboxylic acids is 1. The van der Waals surface area contributed by atoms with Crippen LogP contribution in [0.4, 0.5) is 0 Å². The second-order valence-corrected chi connectivity index (χ2v) is 3.06. The van der Waals surface area contributed by atoms with E-state index in [9.17, 15) is 9.59 Å². The summed E-state index contributed by atoms with van der Waals surface area (Å²) in [5.74, 6) is -1.33. The average Bonchev–Trinajstić information content (AvgIpc) is 2.59. The Kier molecular flexibility index (Phi) is 2.00. The van der Waals surface area contributed by atoms with Gasteiger partial charge in [0.25, 0.3) is 5.89 Å². The molecular weight excluding hydrogens is 198 g/mol. The van der Waals surface area contributed by atoms with Crippen molar-refractivity contribution in [2.24, 2.45) is 0 Å². The monoisotopic (exact) mass is 205 g/mol. The Balaban J connectivity index is 2.62. The van der Waals surface area contributed by atoms with Gasteiger partial charge < -0.3 is 9.52 Å². The Morgan fingerprint density at radius 2 is 2.13 bits per heavy atom. The summed E-state index contributed by atoms with van der Waals surface area (Å²) in [7, 11) is 0. The maximum absolute atomic E-state index is 11.0. The van der Waals surface area contributed by atoms with Gasteiger partial charge in [-0.05, 0) is 18.2 Å². The summed E-state index contributed by atoms with van der Waals surface area (Å²) in [6, 6.07) is 4.26. The largest absolute Gasteiger partial charge is 0.478 e. The topological polar surface area (TPSA) is 80.4 Å². The third-order valence-electron chi connectivity index (χ3n) is 1.94. The maximum Gasteiger partial charge on any atom is 0.335 e. The van der Waals surface area contributed by atoms with Crippen molar-refractivity contribution in [1.29, 1.82) is 0 Å². The molecule has 0 unspecified atom stereocenters. The van der Waals surface area contributed by atoms with E-state index >= 15 is 0 Å². The lowest BCUT2D eigenvalue weighted by Crippen LogP contribution is -1.95. The van der Waals surface area contributed by atoms with Crippen LogP contribution in [-0.2, 0) is 0 Å². The number of aromatic nitrogens is 1. The number of carbonyl (C=O) groups is 2. The van der Waals surface area contributed by atoms with Crippen molar-refractivity contribution in [3.8, 4) is 0 Å². The number of ketones is 1. The van der Waals surface area contributed by atoms with E-state index in [0.29, 0.717) is 11.1 Å². The van der Waals surface area contributed by atoms with Gasteiger partial charge in [-0.2, -0.15) is 0 Å². The number of benzene rings is 1. The van der Waals surface area contributed by atoms with Crippen LogP contribution in [0.1, 0.15) is 28.0 Å². The van der Waals surface area contributed by atoms with Crippen molar-refractivity contribution >= 4 is 22.9 Å². The Bertz CT molecular complexity index is 544. The van der Waals surface area contributed by atoms with Gasteiger partial charge in [-0.15, -0.1) is 0 Å². The minimum Gasteiger partial charge on any atom is -0.478 e. The summed E-state index contributed by atoms with van der Waals surface area (Å²) in [4.78, 5) is 25.5. The highest BCUT2D eigenvalue weighted by atomic mass is 16.4. The second-order valence-electron chi connectivity index (χ2n) is 3.06. The smallest absolute Gasteiger partial charge is 0.335 e. The molecule has 2 rings (SSSR count). The number of aromatic carboxylic acids is 1. The lowest BCUT2D eigenvalue weighted by atomic mass is 10.2. The fourth-order valence-corrected chi connectivity index (χ4v) is 1.21. The van der Waals surface area contributed by atoms with E-state index in [1.54, 1.807) is 0 Å². The summed E-state index contributed by atoms with van der Waals surface area (Å²) in [6.07, 6.45) is 0. The number of carbonyl (C=O) groups excluding carboxylic acids is 1. The SMILES string of the molecule is CC(=O)c1nc2cc(C(=O)O)ccc2o1. The molecule has 0 aliphatic carbocycles. The molecule has 1 aromatic carbocycles. The number of rotatable bonds is 2. The predicted molar refractivity (Wildman–Crippen MR) is 51.0 cm³/mol. The third kappa shape index (κ3) is 1.59. The number of carboxylic acid groups (broad SMARTS) is 1. The van der Waals surface area contributed by atoms with E-state index in [1.165, 1.54) is 25.1 Å². The Morgan fingerprint density at radius 1 is 1.40 bits per heavy atom. The van der Waals surface area contributed by atoms with Crippen LogP contribution in [0.25, 0.3) is 11.1 Å². The van der Waals surface area contributed by atoms with Gasteiger partial charge in [0, 0.05) is 6.92 Å². The molecule has 0 bridgehead atoms. The van der Waals surface area contributed by atoms with Gasteiger partial charge in [0.05, 0.1) is 5.56 Å². The molecule has 1 N–H and O–H groups in total. The first-order valence-electron chi connectivity index (χ1n) is 4.23. The summed E-state index contributed by atoms with van der Waals surface area (Å²) in [5, 5.41) is 8.73. The minimum absolute atomic E-state index is 0.00691. The molecule has 1 aromatic heterocycles. The molecule has 0 radical (unpaired) electrons. The van der Waals surface area contributed by atoms with Gasteiger partial charge in [-0.1, -0.05) is 0 Å². The predicted octanol–water partition coefficient (Wildman–Crippen LogP) is 1.73. The van der Waals surface area contributed by atoms with Gasteiger partial charge in [0.2, 0.25) is 5.78 Å². The first-order chi connectivity index (χ1) is 7.08. The average molecular weight is 205 g/mol. The van der Waals surface area contributed by atoms with Crippen LogP contribution in [0.5, 0.6) is 0 Å². The summed E-state index contributed by atoms with van der Waals surface area (Å²) >= 11 is 0. The molecule has 0 saturated carbocycles. The van der Waals surface area contributed by atoms with E-state index in [0.717, 1.165) is 0 Å². The van der Waals surface area contributed by atoms with Crippen LogP contribution in [-0.4, -0.2) is 21.8 Å². The zero-order valence-corrected chi connectivity index (χ0v) is 7.85. The molecule has 1 heterocycles. The lowest BCUT2D eigenvalue weighted by Gasteiger charge is -1.91.